The second kappa shape index (κ2) is 10.6. The Bertz CT molecular complexity index is 948. The molecule has 0 bridgehead atoms. The van der Waals surface area contributed by atoms with Crippen LogP contribution in [-0.4, -0.2) is 68.8 Å². The fraction of sp³-hybridized carbons (Fsp3) is 0.458. The van der Waals surface area contributed by atoms with Crippen molar-refractivity contribution in [3.8, 4) is 5.75 Å². The predicted octanol–water partition coefficient (Wildman–Crippen LogP) is 4.99. The fourth-order valence-electron chi connectivity index (χ4n) is 4.16. The monoisotopic (exact) mass is 476 g/mol. The molecule has 8 heteroatoms. The number of piperazine rings is 1. The van der Waals surface area contributed by atoms with Crippen molar-refractivity contribution in [3.05, 3.63) is 52.0 Å². The van der Waals surface area contributed by atoms with Crippen molar-refractivity contribution >= 4 is 40.6 Å². The van der Waals surface area contributed by atoms with Gasteiger partial charge < -0.3 is 19.9 Å². The van der Waals surface area contributed by atoms with Gasteiger partial charge in [-0.05, 0) is 49.6 Å². The third kappa shape index (κ3) is 5.61. The van der Waals surface area contributed by atoms with Crippen molar-refractivity contribution < 1.29 is 9.53 Å². The van der Waals surface area contributed by atoms with Crippen molar-refractivity contribution in [1.29, 1.82) is 0 Å². The van der Waals surface area contributed by atoms with E-state index in [0.717, 1.165) is 81.2 Å². The Hall–Kier alpha value is -2.15. The Balaban J connectivity index is 1.17. The Kier molecular flexibility index (Phi) is 7.66. The molecule has 0 radical (unpaired) electrons. The summed E-state index contributed by atoms with van der Waals surface area (Å²) >= 11 is 12.5. The summed E-state index contributed by atoms with van der Waals surface area (Å²) in [5, 5.41) is 4.21. The molecule has 0 aliphatic carbocycles. The summed E-state index contributed by atoms with van der Waals surface area (Å²) in [5.74, 6) is 0.806. The highest BCUT2D eigenvalue weighted by atomic mass is 35.5. The van der Waals surface area contributed by atoms with E-state index in [4.69, 9.17) is 27.9 Å². The number of unbranched alkanes of at least 4 members (excludes halogenated alkanes) is 1. The van der Waals surface area contributed by atoms with E-state index in [1.165, 1.54) is 0 Å². The molecule has 2 aromatic carbocycles. The molecule has 172 valence electrons. The van der Waals surface area contributed by atoms with Crippen LogP contribution in [0.15, 0.2) is 36.4 Å². The Labute approximate surface area is 200 Å². The molecule has 6 nitrogen and oxygen atoms in total. The van der Waals surface area contributed by atoms with Gasteiger partial charge in [0.25, 0.3) is 0 Å². The van der Waals surface area contributed by atoms with Gasteiger partial charge in [-0.2, -0.15) is 0 Å². The van der Waals surface area contributed by atoms with Gasteiger partial charge in [-0.25, -0.2) is 4.79 Å². The molecule has 4 rings (SSSR count). The molecule has 1 fully saturated rings. The standard InChI is InChI=1S/C24H30Cl2N4O2/c1-28-11-9-18-7-8-19(17-21(18)27-24(28)31)32-16-3-2-10-29-12-14-30(15-13-29)22-6-4-5-20(25)23(22)26/h4-8,17H,2-3,9-16H2,1H3,(H,27,31). The number of nitrogens with zero attached hydrogens (tertiary/aromatic N) is 3. The van der Waals surface area contributed by atoms with Crippen LogP contribution in [0.25, 0.3) is 0 Å². The Morgan fingerprint density at radius 3 is 2.66 bits per heavy atom. The number of anilines is 2. The first-order valence-corrected chi connectivity index (χ1v) is 12.0. The number of amides is 2. The summed E-state index contributed by atoms with van der Waals surface area (Å²) in [6.07, 6.45) is 2.93. The minimum Gasteiger partial charge on any atom is -0.494 e. The van der Waals surface area contributed by atoms with Gasteiger partial charge in [0.1, 0.15) is 5.75 Å². The van der Waals surface area contributed by atoms with Crippen LogP contribution in [-0.2, 0) is 6.42 Å². The zero-order valence-corrected chi connectivity index (χ0v) is 20.0. The maximum Gasteiger partial charge on any atom is 0.321 e. The highest BCUT2D eigenvalue weighted by molar-refractivity contribution is 6.43. The first kappa shape index (κ1) is 23.0. The van der Waals surface area contributed by atoms with Crippen LogP contribution in [0.5, 0.6) is 5.75 Å². The maximum absolute atomic E-state index is 12.0. The lowest BCUT2D eigenvalue weighted by Crippen LogP contribution is -2.46. The van der Waals surface area contributed by atoms with Gasteiger partial charge in [0.05, 0.1) is 22.3 Å². The molecule has 0 aromatic heterocycles. The van der Waals surface area contributed by atoms with Gasteiger partial charge in [-0.3, -0.25) is 4.90 Å². The van der Waals surface area contributed by atoms with E-state index in [2.05, 4.69) is 21.2 Å². The van der Waals surface area contributed by atoms with E-state index >= 15 is 0 Å². The second-order valence-corrected chi connectivity index (χ2v) is 9.16. The Morgan fingerprint density at radius 1 is 1.03 bits per heavy atom. The first-order valence-electron chi connectivity index (χ1n) is 11.2. The number of benzene rings is 2. The van der Waals surface area contributed by atoms with Gasteiger partial charge in [0.2, 0.25) is 0 Å². The molecule has 32 heavy (non-hydrogen) atoms. The summed E-state index contributed by atoms with van der Waals surface area (Å²) in [4.78, 5) is 18.5. The molecular weight excluding hydrogens is 447 g/mol. The fourth-order valence-corrected chi connectivity index (χ4v) is 4.57. The lowest BCUT2D eigenvalue weighted by atomic mass is 10.1. The van der Waals surface area contributed by atoms with E-state index in [1.807, 2.05) is 37.4 Å². The van der Waals surface area contributed by atoms with Crippen LogP contribution in [0.1, 0.15) is 18.4 Å². The molecule has 0 atom stereocenters. The van der Waals surface area contributed by atoms with Gasteiger partial charge in [-0.15, -0.1) is 0 Å². The Morgan fingerprint density at radius 2 is 1.84 bits per heavy atom. The van der Waals surface area contributed by atoms with Crippen LogP contribution >= 0.6 is 23.2 Å². The summed E-state index contributed by atoms with van der Waals surface area (Å²) in [6, 6.07) is 11.7. The van der Waals surface area contributed by atoms with Crippen molar-refractivity contribution in [2.75, 3.05) is 63.1 Å². The lowest BCUT2D eigenvalue weighted by molar-refractivity contribution is 0.224. The molecule has 2 amide bonds. The average Bonchev–Trinajstić information content (AvgIpc) is 2.94. The predicted molar refractivity (Wildman–Crippen MR) is 132 cm³/mol. The van der Waals surface area contributed by atoms with E-state index < -0.39 is 0 Å². The summed E-state index contributed by atoms with van der Waals surface area (Å²) in [5.41, 5.74) is 3.03. The van der Waals surface area contributed by atoms with E-state index in [9.17, 15) is 4.79 Å². The number of fused-ring (bicyclic) bond motifs is 1. The topological polar surface area (TPSA) is 48.1 Å². The number of hydrogen-bond donors (Lipinski definition) is 1. The summed E-state index contributed by atoms with van der Waals surface area (Å²) in [7, 11) is 1.81. The number of hydrogen-bond acceptors (Lipinski definition) is 4. The minimum absolute atomic E-state index is 0.0707. The lowest BCUT2D eigenvalue weighted by Gasteiger charge is -2.36. The zero-order valence-electron chi connectivity index (χ0n) is 18.4. The second-order valence-electron chi connectivity index (χ2n) is 8.38. The van der Waals surface area contributed by atoms with Crippen molar-refractivity contribution in [1.82, 2.24) is 9.80 Å². The number of carbonyl (C=O) groups is 1. The molecule has 0 spiro atoms. The highest BCUT2D eigenvalue weighted by Gasteiger charge is 2.20. The summed E-state index contributed by atoms with van der Waals surface area (Å²) < 4.78 is 5.94. The number of rotatable bonds is 7. The van der Waals surface area contributed by atoms with E-state index in [1.54, 1.807) is 4.90 Å². The van der Waals surface area contributed by atoms with Crippen LogP contribution in [0, 0.1) is 0 Å². The van der Waals surface area contributed by atoms with Crippen LogP contribution in [0.3, 0.4) is 0 Å². The molecule has 1 N–H and O–H groups in total. The molecule has 0 unspecified atom stereocenters. The quantitative estimate of drug-likeness (QED) is 0.571. The molecule has 0 saturated carbocycles. The third-order valence-electron chi connectivity index (χ3n) is 6.17. The van der Waals surface area contributed by atoms with Gasteiger partial charge in [-0.1, -0.05) is 35.3 Å². The van der Waals surface area contributed by atoms with E-state index in [-0.39, 0.29) is 6.03 Å². The van der Waals surface area contributed by atoms with Crippen LogP contribution in [0.2, 0.25) is 10.0 Å². The molecule has 2 heterocycles. The highest BCUT2D eigenvalue weighted by Crippen LogP contribution is 2.33. The number of urea groups is 1. The van der Waals surface area contributed by atoms with Crippen LogP contribution < -0.4 is 15.0 Å². The zero-order chi connectivity index (χ0) is 22.5. The third-order valence-corrected chi connectivity index (χ3v) is 6.98. The smallest absolute Gasteiger partial charge is 0.321 e. The molecule has 2 aliphatic heterocycles. The maximum atomic E-state index is 12.0. The number of likely N-dealkylation sites (N-methyl/N-ethyl adjacent to an activating group) is 1. The summed E-state index contributed by atoms with van der Waals surface area (Å²) in [6.45, 7) is 6.39. The van der Waals surface area contributed by atoms with Crippen molar-refractivity contribution in [2.45, 2.75) is 19.3 Å². The molecule has 2 aromatic rings. The van der Waals surface area contributed by atoms with Crippen molar-refractivity contribution in [3.63, 3.8) is 0 Å². The number of carbonyl (C=O) groups excluding carboxylic acids is 1. The van der Waals surface area contributed by atoms with Gasteiger partial charge in [0.15, 0.2) is 0 Å². The molecular formula is C24H30Cl2N4O2. The van der Waals surface area contributed by atoms with E-state index in [0.29, 0.717) is 16.7 Å². The minimum atomic E-state index is -0.0707. The number of halogens is 2. The average molecular weight is 477 g/mol. The SMILES string of the molecule is CN1CCc2ccc(OCCCCN3CCN(c4cccc(Cl)c4Cl)CC3)cc2NC1=O. The van der Waals surface area contributed by atoms with Gasteiger partial charge >= 0.3 is 6.03 Å². The number of nitrogens with one attached hydrogen (secondary N) is 1. The van der Waals surface area contributed by atoms with Crippen molar-refractivity contribution in [2.24, 2.45) is 0 Å². The van der Waals surface area contributed by atoms with Gasteiger partial charge in [0, 0.05) is 51.5 Å². The van der Waals surface area contributed by atoms with Crippen LogP contribution in [0.4, 0.5) is 16.2 Å². The number of ether oxygens (including phenoxy) is 1. The molecule has 2 aliphatic rings. The first-order chi connectivity index (χ1) is 15.5. The molecule has 1 saturated heterocycles. The normalized spacial score (nSPS) is 17.0. The largest absolute Gasteiger partial charge is 0.494 e.